The standard InChI is InChI=1S/C16H23F/c1-3-16(2,13-7-5-4-6-8-13)14-9-11-15(17)12-10-14/h5,7-8,11,14H,3-4,6,9-10,12H2,1-2H3/t14?,16-/m0/s1. The second kappa shape index (κ2) is 5.20. The zero-order valence-corrected chi connectivity index (χ0v) is 11.0. The van der Waals surface area contributed by atoms with Gasteiger partial charge >= 0.3 is 0 Å². The molecule has 0 heterocycles. The van der Waals surface area contributed by atoms with E-state index in [9.17, 15) is 4.39 Å². The first kappa shape index (κ1) is 12.6. The largest absolute Gasteiger partial charge is 0.212 e. The van der Waals surface area contributed by atoms with Gasteiger partial charge in [0.1, 0.15) is 0 Å². The van der Waals surface area contributed by atoms with E-state index in [-0.39, 0.29) is 11.2 Å². The molecule has 94 valence electrons. The Kier molecular flexibility index (Phi) is 3.86. The van der Waals surface area contributed by atoms with E-state index in [0.29, 0.717) is 12.3 Å². The highest BCUT2D eigenvalue weighted by Crippen LogP contribution is 2.46. The van der Waals surface area contributed by atoms with Crippen LogP contribution >= 0.6 is 0 Å². The number of hydrogen-bond donors (Lipinski definition) is 0. The summed E-state index contributed by atoms with van der Waals surface area (Å²) in [6, 6.07) is 0. The maximum atomic E-state index is 13.1. The van der Waals surface area contributed by atoms with Gasteiger partial charge in [-0.15, -0.1) is 0 Å². The molecule has 1 heteroatoms. The maximum Gasteiger partial charge on any atom is 0.0960 e. The van der Waals surface area contributed by atoms with E-state index in [2.05, 4.69) is 32.1 Å². The van der Waals surface area contributed by atoms with Crippen molar-refractivity contribution in [2.75, 3.05) is 0 Å². The van der Waals surface area contributed by atoms with Crippen LogP contribution in [0.1, 0.15) is 52.4 Å². The highest BCUT2D eigenvalue weighted by Gasteiger charge is 2.35. The lowest BCUT2D eigenvalue weighted by molar-refractivity contribution is 0.206. The summed E-state index contributed by atoms with van der Waals surface area (Å²) in [4.78, 5) is 0. The van der Waals surface area contributed by atoms with E-state index in [4.69, 9.17) is 0 Å². The minimum Gasteiger partial charge on any atom is -0.212 e. The Morgan fingerprint density at radius 1 is 1.35 bits per heavy atom. The van der Waals surface area contributed by atoms with Crippen molar-refractivity contribution in [3.8, 4) is 0 Å². The average molecular weight is 234 g/mol. The zero-order valence-electron chi connectivity index (χ0n) is 11.0. The molecule has 0 N–H and O–H groups in total. The van der Waals surface area contributed by atoms with Gasteiger partial charge in [-0.25, -0.2) is 4.39 Å². The van der Waals surface area contributed by atoms with Gasteiger partial charge in [0.25, 0.3) is 0 Å². The van der Waals surface area contributed by atoms with Crippen LogP contribution in [0.15, 0.2) is 35.7 Å². The third-order valence-corrected chi connectivity index (χ3v) is 4.65. The molecule has 0 saturated heterocycles. The zero-order chi connectivity index (χ0) is 12.3. The van der Waals surface area contributed by atoms with Gasteiger partial charge in [-0.1, -0.05) is 38.2 Å². The summed E-state index contributed by atoms with van der Waals surface area (Å²) in [5, 5.41) is 0. The third kappa shape index (κ3) is 2.53. The van der Waals surface area contributed by atoms with Crippen LogP contribution in [-0.4, -0.2) is 0 Å². The molecule has 2 aliphatic rings. The Hall–Kier alpha value is -0.850. The molecule has 0 bridgehead atoms. The minimum absolute atomic E-state index is 0.0906. The molecule has 17 heavy (non-hydrogen) atoms. The van der Waals surface area contributed by atoms with E-state index < -0.39 is 0 Å². The Balaban J connectivity index is 2.19. The van der Waals surface area contributed by atoms with Crippen molar-refractivity contribution in [1.29, 1.82) is 0 Å². The fraction of sp³-hybridized carbons (Fsp3) is 0.625. The first-order chi connectivity index (χ1) is 8.16. The van der Waals surface area contributed by atoms with Crippen molar-refractivity contribution in [2.24, 2.45) is 11.3 Å². The van der Waals surface area contributed by atoms with Crippen molar-refractivity contribution in [1.82, 2.24) is 0 Å². The second-order valence-electron chi connectivity index (χ2n) is 5.53. The molecule has 0 aromatic carbocycles. The minimum atomic E-state index is 0.0906. The third-order valence-electron chi connectivity index (χ3n) is 4.65. The van der Waals surface area contributed by atoms with E-state index in [1.54, 1.807) is 6.08 Å². The highest BCUT2D eigenvalue weighted by molar-refractivity contribution is 5.30. The Bertz CT molecular complexity index is 362. The summed E-state index contributed by atoms with van der Waals surface area (Å²) in [6.07, 6.45) is 14.8. The molecule has 0 fully saturated rings. The van der Waals surface area contributed by atoms with Crippen LogP contribution in [0.3, 0.4) is 0 Å². The van der Waals surface area contributed by atoms with E-state index in [1.807, 2.05) is 0 Å². The highest BCUT2D eigenvalue weighted by atomic mass is 19.1. The molecule has 2 aliphatic carbocycles. The molecule has 0 aromatic heterocycles. The predicted molar refractivity (Wildman–Crippen MR) is 71.4 cm³/mol. The monoisotopic (exact) mass is 234 g/mol. The predicted octanol–water partition coefficient (Wildman–Crippen LogP) is 5.33. The van der Waals surface area contributed by atoms with Crippen molar-refractivity contribution in [2.45, 2.75) is 52.4 Å². The number of rotatable bonds is 3. The molecule has 0 aliphatic heterocycles. The lowest BCUT2D eigenvalue weighted by Crippen LogP contribution is -2.30. The number of allylic oxidation sites excluding steroid dienone is 6. The summed E-state index contributed by atoms with van der Waals surface area (Å²) < 4.78 is 13.1. The van der Waals surface area contributed by atoms with Crippen molar-refractivity contribution in [3.63, 3.8) is 0 Å². The normalized spacial score (nSPS) is 28.3. The Morgan fingerprint density at radius 2 is 2.18 bits per heavy atom. The number of hydrogen-bond acceptors (Lipinski definition) is 0. The van der Waals surface area contributed by atoms with Gasteiger partial charge < -0.3 is 0 Å². The first-order valence-electron chi connectivity index (χ1n) is 6.88. The fourth-order valence-electron chi connectivity index (χ4n) is 3.15. The Labute approximate surface area is 104 Å². The molecule has 1 unspecified atom stereocenters. The topological polar surface area (TPSA) is 0 Å². The van der Waals surface area contributed by atoms with Crippen molar-refractivity contribution in [3.05, 3.63) is 35.7 Å². The number of halogens is 1. The maximum absolute atomic E-state index is 13.1. The van der Waals surface area contributed by atoms with Crippen LogP contribution in [0, 0.1) is 11.3 Å². The Morgan fingerprint density at radius 3 is 2.71 bits per heavy atom. The van der Waals surface area contributed by atoms with Crippen LogP contribution in [0.2, 0.25) is 0 Å². The smallest absolute Gasteiger partial charge is 0.0960 e. The molecular weight excluding hydrogens is 211 g/mol. The van der Waals surface area contributed by atoms with Gasteiger partial charge in [-0.3, -0.25) is 0 Å². The first-order valence-corrected chi connectivity index (χ1v) is 6.88. The summed E-state index contributed by atoms with van der Waals surface area (Å²) in [6.45, 7) is 4.62. The summed E-state index contributed by atoms with van der Waals surface area (Å²) in [5.41, 5.74) is 1.71. The van der Waals surface area contributed by atoms with E-state index in [1.165, 1.54) is 18.4 Å². The van der Waals surface area contributed by atoms with Gasteiger partial charge in [-0.05, 0) is 55.4 Å². The molecule has 0 saturated carbocycles. The summed E-state index contributed by atoms with van der Waals surface area (Å²) >= 11 is 0. The lowest BCUT2D eigenvalue weighted by Gasteiger charge is -2.40. The van der Waals surface area contributed by atoms with Crippen LogP contribution in [-0.2, 0) is 0 Å². The molecule has 0 aromatic rings. The molecule has 0 amide bonds. The summed E-state index contributed by atoms with van der Waals surface area (Å²) in [5.74, 6) is 0.689. The van der Waals surface area contributed by atoms with Crippen molar-refractivity contribution >= 4 is 0 Å². The second-order valence-corrected chi connectivity index (χ2v) is 5.53. The van der Waals surface area contributed by atoms with E-state index >= 15 is 0 Å². The molecule has 2 rings (SSSR count). The lowest BCUT2D eigenvalue weighted by atomic mass is 9.64. The quantitative estimate of drug-likeness (QED) is 0.619. The van der Waals surface area contributed by atoms with Gasteiger partial charge in [0.15, 0.2) is 0 Å². The van der Waals surface area contributed by atoms with Gasteiger partial charge in [0.05, 0.1) is 5.83 Å². The van der Waals surface area contributed by atoms with Gasteiger partial charge in [-0.2, -0.15) is 0 Å². The van der Waals surface area contributed by atoms with Crippen LogP contribution in [0.4, 0.5) is 4.39 Å². The SMILES string of the molecule is CC[C@@](C)(C1=CCCC=C1)C1CC=C(F)CC1. The molecule has 0 radical (unpaired) electrons. The van der Waals surface area contributed by atoms with E-state index in [0.717, 1.165) is 19.3 Å². The summed E-state index contributed by atoms with van der Waals surface area (Å²) in [7, 11) is 0. The van der Waals surface area contributed by atoms with Crippen LogP contribution in [0.25, 0.3) is 0 Å². The van der Waals surface area contributed by atoms with Crippen molar-refractivity contribution < 1.29 is 4.39 Å². The van der Waals surface area contributed by atoms with Crippen LogP contribution in [0.5, 0.6) is 0 Å². The fourth-order valence-corrected chi connectivity index (χ4v) is 3.15. The van der Waals surface area contributed by atoms with Gasteiger partial charge in [0.2, 0.25) is 0 Å². The molecule has 0 spiro atoms. The molecule has 2 atom stereocenters. The average Bonchev–Trinajstić information content (AvgIpc) is 2.40. The molecule has 0 nitrogen and oxygen atoms in total. The van der Waals surface area contributed by atoms with Gasteiger partial charge in [0, 0.05) is 0 Å². The molecular formula is C16H23F. The van der Waals surface area contributed by atoms with Crippen LogP contribution < -0.4 is 0 Å².